The smallest absolute Gasteiger partial charge is 0.255 e. The number of rotatable bonds is 3. The number of thiophene rings is 1. The molecule has 2 aromatic heterocycles. The maximum atomic E-state index is 12.7. The second-order valence-corrected chi connectivity index (χ2v) is 8.96. The quantitative estimate of drug-likeness (QED) is 0.901. The molecule has 0 saturated heterocycles. The summed E-state index contributed by atoms with van der Waals surface area (Å²) in [4.78, 5) is 25.8. The minimum absolute atomic E-state index is 0.0915. The largest absolute Gasteiger partial charge is 0.310 e. The number of fused-ring (bicyclic) bond motifs is 1. The molecule has 0 bridgehead atoms. The third-order valence-electron chi connectivity index (χ3n) is 5.75. The van der Waals surface area contributed by atoms with Crippen molar-refractivity contribution in [2.45, 2.75) is 71.4 Å². The topological polar surface area (TPSA) is 49.0 Å². The van der Waals surface area contributed by atoms with Gasteiger partial charge in [-0.15, -0.1) is 11.3 Å². The van der Waals surface area contributed by atoms with Gasteiger partial charge < -0.3 is 4.98 Å². The number of aromatic amines is 1. The molecule has 0 atom stereocenters. The van der Waals surface area contributed by atoms with Gasteiger partial charge in [0, 0.05) is 41.7 Å². The fraction of sp³-hybridized carbons (Fsp3) is 0.600. The van der Waals surface area contributed by atoms with Crippen LogP contribution < -0.4 is 5.56 Å². The van der Waals surface area contributed by atoms with E-state index in [1.807, 2.05) is 11.3 Å². The summed E-state index contributed by atoms with van der Waals surface area (Å²) in [5, 5.41) is 0. The lowest BCUT2D eigenvalue weighted by Gasteiger charge is -2.28. The standard InChI is InChI=1S/C20H27N3OS/c1-13-10-16(25-14(13)2)11-23-9-8-18-17(12-23)20(24)22-19(21-18)15-6-4-3-5-7-15/h10,15H,3-9,11-12H2,1-2H3,(H,21,22,24). The molecule has 0 aromatic carbocycles. The van der Waals surface area contributed by atoms with Crippen LogP contribution in [0.5, 0.6) is 0 Å². The first-order valence-corrected chi connectivity index (χ1v) is 10.3. The van der Waals surface area contributed by atoms with Crippen molar-refractivity contribution < 1.29 is 0 Å². The Hall–Kier alpha value is -1.46. The average molecular weight is 358 g/mol. The van der Waals surface area contributed by atoms with E-state index < -0.39 is 0 Å². The van der Waals surface area contributed by atoms with Crippen LogP contribution in [0, 0.1) is 13.8 Å². The normalized spacial score (nSPS) is 19.1. The van der Waals surface area contributed by atoms with Gasteiger partial charge in [0.2, 0.25) is 0 Å². The number of H-pyrrole nitrogens is 1. The van der Waals surface area contributed by atoms with Crippen LogP contribution in [-0.4, -0.2) is 21.4 Å². The summed E-state index contributed by atoms with van der Waals surface area (Å²) in [6.07, 6.45) is 7.08. The lowest BCUT2D eigenvalue weighted by atomic mass is 9.88. The van der Waals surface area contributed by atoms with Crippen molar-refractivity contribution >= 4 is 11.3 Å². The van der Waals surface area contributed by atoms with Crippen LogP contribution in [0.25, 0.3) is 0 Å². The molecule has 5 heteroatoms. The molecule has 1 fully saturated rings. The molecule has 25 heavy (non-hydrogen) atoms. The van der Waals surface area contributed by atoms with Crippen molar-refractivity contribution in [1.82, 2.24) is 14.9 Å². The van der Waals surface area contributed by atoms with Gasteiger partial charge in [-0.25, -0.2) is 4.98 Å². The second-order valence-electron chi connectivity index (χ2n) is 7.62. The van der Waals surface area contributed by atoms with E-state index in [2.05, 4.69) is 29.8 Å². The van der Waals surface area contributed by atoms with Gasteiger partial charge in [0.05, 0.1) is 11.3 Å². The molecule has 1 aliphatic heterocycles. The molecular formula is C20H27N3OS. The molecule has 4 nitrogen and oxygen atoms in total. The molecule has 1 saturated carbocycles. The molecule has 0 unspecified atom stereocenters. The number of nitrogens with zero attached hydrogens (tertiary/aromatic N) is 2. The van der Waals surface area contributed by atoms with E-state index in [4.69, 9.17) is 4.98 Å². The average Bonchev–Trinajstić information content (AvgIpc) is 2.93. The van der Waals surface area contributed by atoms with Crippen LogP contribution in [0.2, 0.25) is 0 Å². The highest BCUT2D eigenvalue weighted by molar-refractivity contribution is 7.12. The van der Waals surface area contributed by atoms with E-state index in [9.17, 15) is 4.79 Å². The van der Waals surface area contributed by atoms with E-state index >= 15 is 0 Å². The molecular weight excluding hydrogens is 330 g/mol. The first-order chi connectivity index (χ1) is 12.1. The Bertz CT molecular complexity index is 797. The molecule has 0 radical (unpaired) electrons. The third-order valence-corrected chi connectivity index (χ3v) is 6.89. The molecule has 0 amide bonds. The number of nitrogens with one attached hydrogen (secondary N) is 1. The molecule has 4 rings (SSSR count). The van der Waals surface area contributed by atoms with Crippen molar-refractivity contribution in [3.63, 3.8) is 0 Å². The minimum Gasteiger partial charge on any atom is -0.310 e. The fourth-order valence-electron chi connectivity index (χ4n) is 4.15. The summed E-state index contributed by atoms with van der Waals surface area (Å²) in [6.45, 7) is 6.99. The molecule has 134 valence electrons. The second kappa shape index (κ2) is 7.04. The Balaban J connectivity index is 1.52. The zero-order chi connectivity index (χ0) is 17.4. The number of aromatic nitrogens is 2. The van der Waals surface area contributed by atoms with Gasteiger partial charge in [-0.1, -0.05) is 19.3 Å². The Morgan fingerprint density at radius 3 is 2.80 bits per heavy atom. The first-order valence-electron chi connectivity index (χ1n) is 9.50. The molecule has 0 spiro atoms. The molecule has 3 heterocycles. The zero-order valence-electron chi connectivity index (χ0n) is 15.2. The van der Waals surface area contributed by atoms with Gasteiger partial charge in [0.1, 0.15) is 5.82 Å². The number of hydrogen-bond donors (Lipinski definition) is 1. The fourth-order valence-corrected chi connectivity index (χ4v) is 5.25. The number of aryl methyl sites for hydroxylation is 2. The van der Waals surface area contributed by atoms with Crippen molar-refractivity contribution in [2.75, 3.05) is 6.54 Å². The zero-order valence-corrected chi connectivity index (χ0v) is 16.0. The van der Waals surface area contributed by atoms with Crippen LogP contribution >= 0.6 is 11.3 Å². The predicted octanol–water partition coefficient (Wildman–Crippen LogP) is 4.05. The summed E-state index contributed by atoms with van der Waals surface area (Å²) in [6, 6.07) is 2.28. The lowest BCUT2D eigenvalue weighted by molar-refractivity contribution is 0.243. The van der Waals surface area contributed by atoms with Gasteiger partial charge in [-0.2, -0.15) is 0 Å². The Morgan fingerprint density at radius 2 is 2.08 bits per heavy atom. The van der Waals surface area contributed by atoms with Gasteiger partial charge in [-0.05, 0) is 38.3 Å². The van der Waals surface area contributed by atoms with Crippen LogP contribution in [0.15, 0.2) is 10.9 Å². The minimum atomic E-state index is 0.0915. The molecule has 2 aliphatic rings. The highest BCUT2D eigenvalue weighted by Gasteiger charge is 2.24. The van der Waals surface area contributed by atoms with Crippen molar-refractivity contribution in [3.8, 4) is 0 Å². The molecule has 1 N–H and O–H groups in total. The van der Waals surface area contributed by atoms with E-state index in [0.717, 1.165) is 43.1 Å². The van der Waals surface area contributed by atoms with Crippen LogP contribution in [0.4, 0.5) is 0 Å². The van der Waals surface area contributed by atoms with Crippen LogP contribution in [0.3, 0.4) is 0 Å². The maximum Gasteiger partial charge on any atom is 0.255 e. The van der Waals surface area contributed by atoms with Crippen molar-refractivity contribution in [3.05, 3.63) is 48.8 Å². The highest BCUT2D eigenvalue weighted by atomic mass is 32.1. The van der Waals surface area contributed by atoms with E-state index in [1.54, 1.807) is 0 Å². The van der Waals surface area contributed by atoms with Crippen LogP contribution in [-0.2, 0) is 19.5 Å². The van der Waals surface area contributed by atoms with Crippen LogP contribution in [0.1, 0.15) is 70.4 Å². The molecule has 2 aromatic rings. The first kappa shape index (κ1) is 17.0. The SMILES string of the molecule is Cc1cc(CN2CCc3nc(C4CCCCC4)[nH]c(=O)c3C2)sc1C. The third kappa shape index (κ3) is 3.58. The van der Waals surface area contributed by atoms with E-state index in [0.29, 0.717) is 5.92 Å². The van der Waals surface area contributed by atoms with Gasteiger partial charge in [0.15, 0.2) is 0 Å². The monoisotopic (exact) mass is 357 g/mol. The highest BCUT2D eigenvalue weighted by Crippen LogP contribution is 2.31. The maximum absolute atomic E-state index is 12.7. The predicted molar refractivity (Wildman–Crippen MR) is 102 cm³/mol. The van der Waals surface area contributed by atoms with Gasteiger partial charge in [-0.3, -0.25) is 9.69 Å². The summed E-state index contributed by atoms with van der Waals surface area (Å²) in [7, 11) is 0. The lowest BCUT2D eigenvalue weighted by Crippen LogP contribution is -2.36. The molecule has 1 aliphatic carbocycles. The van der Waals surface area contributed by atoms with Crippen molar-refractivity contribution in [2.24, 2.45) is 0 Å². The van der Waals surface area contributed by atoms with Crippen molar-refractivity contribution in [1.29, 1.82) is 0 Å². The number of hydrogen-bond acceptors (Lipinski definition) is 4. The summed E-state index contributed by atoms with van der Waals surface area (Å²) < 4.78 is 0. The van der Waals surface area contributed by atoms with Gasteiger partial charge >= 0.3 is 0 Å². The summed E-state index contributed by atoms with van der Waals surface area (Å²) in [5.41, 5.74) is 3.39. The Labute approximate surface area is 153 Å². The van der Waals surface area contributed by atoms with E-state index in [-0.39, 0.29) is 5.56 Å². The van der Waals surface area contributed by atoms with Gasteiger partial charge in [0.25, 0.3) is 5.56 Å². The Kier molecular flexibility index (Phi) is 4.78. The Morgan fingerprint density at radius 1 is 1.28 bits per heavy atom. The summed E-state index contributed by atoms with van der Waals surface area (Å²) in [5.74, 6) is 1.41. The van der Waals surface area contributed by atoms with E-state index in [1.165, 1.54) is 47.4 Å². The summed E-state index contributed by atoms with van der Waals surface area (Å²) >= 11 is 1.87.